The maximum Gasteiger partial charge on any atom is 0.260 e. The van der Waals surface area contributed by atoms with Gasteiger partial charge in [0.1, 0.15) is 23.0 Å². The Kier molecular flexibility index (Phi) is 4.93. The topological polar surface area (TPSA) is 21.7 Å². The lowest BCUT2D eigenvalue weighted by Crippen LogP contribution is -2.57. The zero-order valence-electron chi connectivity index (χ0n) is 22.0. The number of hydrogen-bond donors (Lipinski definition) is 0. The Morgan fingerprint density at radius 3 is 1.83 bits per heavy atom. The summed E-state index contributed by atoms with van der Waals surface area (Å²) >= 11 is 1.82. The third-order valence-electron chi connectivity index (χ3n) is 8.17. The Balaban J connectivity index is 1.22. The van der Waals surface area contributed by atoms with E-state index in [1.54, 1.807) is 0 Å². The molecule has 0 amide bonds. The molecule has 0 saturated carbocycles. The summed E-state index contributed by atoms with van der Waals surface area (Å²) in [6.45, 7) is 0.0777. The zero-order valence-corrected chi connectivity index (χ0v) is 22.8. The smallest absolute Gasteiger partial charge is 0.260 e. The van der Waals surface area contributed by atoms with Crippen molar-refractivity contribution in [3.8, 4) is 34.1 Å². The van der Waals surface area contributed by atoms with Crippen LogP contribution in [0.3, 0.4) is 0 Å². The van der Waals surface area contributed by atoms with Crippen LogP contribution in [0.1, 0.15) is 0 Å². The lowest BCUT2D eigenvalue weighted by Gasteiger charge is -2.34. The van der Waals surface area contributed by atoms with E-state index in [4.69, 9.17) is 9.47 Å². The maximum absolute atomic E-state index is 6.56. The predicted molar refractivity (Wildman–Crippen MR) is 168 cm³/mol. The Bertz CT molecular complexity index is 1940. The Hall–Kier alpha value is -4.87. The molecule has 3 heterocycles. The van der Waals surface area contributed by atoms with E-state index < -0.39 is 0 Å². The van der Waals surface area contributed by atoms with E-state index in [1.807, 2.05) is 23.9 Å². The second-order valence-electron chi connectivity index (χ2n) is 10.5. The number of para-hydroxylation sites is 4. The van der Waals surface area contributed by atoms with E-state index in [-0.39, 0.29) is 6.71 Å². The van der Waals surface area contributed by atoms with Gasteiger partial charge in [0.2, 0.25) is 0 Å². The second kappa shape index (κ2) is 8.82. The van der Waals surface area contributed by atoms with Crippen molar-refractivity contribution in [1.29, 1.82) is 0 Å². The van der Waals surface area contributed by atoms with Crippen LogP contribution in [-0.4, -0.2) is 6.71 Å². The van der Waals surface area contributed by atoms with Crippen molar-refractivity contribution in [1.82, 2.24) is 0 Å². The summed E-state index contributed by atoms with van der Waals surface area (Å²) < 4.78 is 13.1. The van der Waals surface area contributed by atoms with E-state index in [9.17, 15) is 0 Å². The first-order chi connectivity index (χ1) is 20.3. The summed E-state index contributed by atoms with van der Waals surface area (Å²) in [4.78, 5) is 4.84. The minimum Gasteiger partial charge on any atom is -0.458 e. The first-order valence-corrected chi connectivity index (χ1v) is 14.6. The van der Waals surface area contributed by atoms with Gasteiger partial charge in [0, 0.05) is 20.9 Å². The van der Waals surface area contributed by atoms with E-state index in [1.165, 1.54) is 32.1 Å². The van der Waals surface area contributed by atoms with Gasteiger partial charge in [0.15, 0.2) is 0 Å². The molecule has 3 aliphatic heterocycles. The van der Waals surface area contributed by atoms with Crippen molar-refractivity contribution in [3.63, 3.8) is 0 Å². The van der Waals surface area contributed by atoms with Gasteiger partial charge >= 0.3 is 0 Å². The Morgan fingerprint density at radius 2 is 1.10 bits per heavy atom. The van der Waals surface area contributed by atoms with Crippen LogP contribution in [0.25, 0.3) is 11.1 Å². The quantitative estimate of drug-likeness (QED) is 0.206. The molecule has 0 spiro atoms. The summed E-state index contributed by atoms with van der Waals surface area (Å²) in [5.74, 6) is 3.51. The van der Waals surface area contributed by atoms with Crippen molar-refractivity contribution in [3.05, 3.63) is 133 Å². The van der Waals surface area contributed by atoms with Crippen molar-refractivity contribution in [2.75, 3.05) is 4.90 Å². The van der Waals surface area contributed by atoms with Crippen LogP contribution in [0.4, 0.5) is 17.1 Å². The summed E-state index contributed by atoms with van der Waals surface area (Å²) in [5, 5.41) is 0. The average molecular weight is 543 g/mol. The van der Waals surface area contributed by atoms with Crippen LogP contribution in [-0.2, 0) is 0 Å². The lowest BCUT2D eigenvalue weighted by molar-refractivity contribution is 0.465. The van der Waals surface area contributed by atoms with E-state index in [0.717, 1.165) is 45.3 Å². The molecule has 0 fully saturated rings. The summed E-state index contributed by atoms with van der Waals surface area (Å²) in [7, 11) is 0. The molecule has 5 heteroatoms. The minimum atomic E-state index is 0.0777. The summed E-state index contributed by atoms with van der Waals surface area (Å²) in [6.07, 6.45) is 0. The van der Waals surface area contributed by atoms with Crippen LogP contribution in [0.2, 0.25) is 0 Å². The number of fused-ring (bicyclic) bond motifs is 6. The van der Waals surface area contributed by atoms with Gasteiger partial charge in [0.25, 0.3) is 6.71 Å². The van der Waals surface area contributed by atoms with Crippen LogP contribution in [0.15, 0.2) is 143 Å². The number of rotatable bonds is 2. The monoisotopic (exact) mass is 543 g/mol. The summed E-state index contributed by atoms with van der Waals surface area (Å²) in [6, 6.07) is 47.0. The number of nitrogens with zero attached hydrogens (tertiary/aromatic N) is 1. The van der Waals surface area contributed by atoms with E-state index in [2.05, 4.69) is 126 Å². The number of benzene rings is 6. The fraction of sp³-hybridized carbons (Fsp3) is 0. The molecule has 3 nitrogen and oxygen atoms in total. The van der Waals surface area contributed by atoms with Crippen molar-refractivity contribution < 1.29 is 9.47 Å². The Morgan fingerprint density at radius 1 is 0.488 bits per heavy atom. The summed E-state index contributed by atoms with van der Waals surface area (Å²) in [5.41, 5.74) is 9.12. The van der Waals surface area contributed by atoms with Gasteiger partial charge in [-0.05, 0) is 82.7 Å². The molecule has 41 heavy (non-hydrogen) atoms. The fourth-order valence-corrected chi connectivity index (χ4v) is 7.39. The molecule has 6 aromatic rings. The van der Waals surface area contributed by atoms with E-state index in [0.29, 0.717) is 0 Å². The van der Waals surface area contributed by atoms with Crippen molar-refractivity contribution in [2.45, 2.75) is 9.79 Å². The van der Waals surface area contributed by atoms with Gasteiger partial charge in [-0.25, -0.2) is 0 Å². The molecular formula is C36H22BNO2S. The second-order valence-corrected chi connectivity index (χ2v) is 11.6. The number of ether oxygens (including phenoxy) is 2. The zero-order chi connectivity index (χ0) is 26.9. The average Bonchev–Trinajstić information content (AvgIpc) is 3.03. The molecule has 6 aromatic carbocycles. The highest BCUT2D eigenvalue weighted by molar-refractivity contribution is 7.99. The minimum absolute atomic E-state index is 0.0777. The molecular weight excluding hydrogens is 521 g/mol. The number of anilines is 3. The standard InChI is InChI=1S/C36H22BNO2S/c1-2-10-25(11-3-1)38-28-14-6-9-17-34(28)41-35-19-18-23(20-29(35)38)24-21-32-36-33(22-24)40-31-16-8-5-13-27(31)37(36)26-12-4-7-15-30(26)39-32/h1-22H. The van der Waals surface area contributed by atoms with E-state index >= 15 is 0 Å². The normalized spacial score (nSPS) is 13.6. The van der Waals surface area contributed by atoms with Crippen molar-refractivity contribution >= 4 is 51.9 Å². The predicted octanol–water partition coefficient (Wildman–Crippen LogP) is 8.02. The van der Waals surface area contributed by atoms with Gasteiger partial charge in [-0.1, -0.05) is 84.6 Å². The van der Waals surface area contributed by atoms with Crippen LogP contribution >= 0.6 is 11.8 Å². The van der Waals surface area contributed by atoms with Crippen LogP contribution in [0, 0.1) is 0 Å². The maximum atomic E-state index is 6.56. The molecule has 0 saturated heterocycles. The van der Waals surface area contributed by atoms with Gasteiger partial charge in [0.05, 0.1) is 11.4 Å². The SMILES string of the molecule is c1ccc(N2c3ccccc3Sc3ccc(-c4cc5c6c(c4)Oc4ccccc4B6c4ccccc4O5)cc32)cc1. The first-order valence-electron chi connectivity index (χ1n) is 13.8. The van der Waals surface area contributed by atoms with Gasteiger partial charge in [-0.15, -0.1) is 0 Å². The lowest BCUT2D eigenvalue weighted by atomic mass is 9.35. The molecule has 9 rings (SSSR count). The van der Waals surface area contributed by atoms with Gasteiger partial charge < -0.3 is 14.4 Å². The highest BCUT2D eigenvalue weighted by Gasteiger charge is 2.40. The van der Waals surface area contributed by atoms with Crippen LogP contribution in [0.5, 0.6) is 23.0 Å². The highest BCUT2D eigenvalue weighted by atomic mass is 32.2. The fourth-order valence-electron chi connectivity index (χ4n) is 6.35. The number of hydrogen-bond acceptors (Lipinski definition) is 4. The molecule has 0 aliphatic carbocycles. The molecule has 0 atom stereocenters. The molecule has 0 radical (unpaired) electrons. The third kappa shape index (κ3) is 3.49. The largest absolute Gasteiger partial charge is 0.458 e. The first kappa shape index (κ1) is 22.9. The molecule has 0 N–H and O–H groups in total. The molecule has 192 valence electrons. The van der Waals surface area contributed by atoms with Crippen LogP contribution < -0.4 is 30.8 Å². The van der Waals surface area contributed by atoms with Gasteiger partial charge in [-0.3, -0.25) is 0 Å². The highest BCUT2D eigenvalue weighted by Crippen LogP contribution is 2.52. The molecule has 3 aliphatic rings. The molecule has 0 unspecified atom stereocenters. The molecule has 0 aromatic heterocycles. The third-order valence-corrected chi connectivity index (χ3v) is 9.30. The Labute approximate surface area is 243 Å². The molecule has 0 bridgehead atoms. The van der Waals surface area contributed by atoms with Gasteiger partial charge in [-0.2, -0.15) is 0 Å². The van der Waals surface area contributed by atoms with Crippen molar-refractivity contribution in [2.24, 2.45) is 0 Å².